The Morgan fingerprint density at radius 3 is 2.75 bits per heavy atom. The highest BCUT2D eigenvalue weighted by Crippen LogP contribution is 2.37. The van der Waals surface area contributed by atoms with E-state index in [1.54, 1.807) is 12.1 Å². The van der Waals surface area contributed by atoms with Gasteiger partial charge in [-0.1, -0.05) is 0 Å². The highest BCUT2D eigenvalue weighted by Gasteiger charge is 2.27. The molecule has 0 bridgehead atoms. The molecule has 12 heteroatoms. The number of carbonyl (C=O) groups is 1. The van der Waals surface area contributed by atoms with Gasteiger partial charge in [0.2, 0.25) is 5.91 Å². The van der Waals surface area contributed by atoms with Crippen molar-refractivity contribution in [3.05, 3.63) is 41.5 Å². The Labute approximate surface area is 210 Å². The number of ether oxygens (including phenoxy) is 2. The van der Waals surface area contributed by atoms with Crippen molar-refractivity contribution in [3.8, 4) is 5.75 Å². The van der Waals surface area contributed by atoms with E-state index in [2.05, 4.69) is 10.2 Å². The predicted molar refractivity (Wildman–Crippen MR) is 134 cm³/mol. The topological polar surface area (TPSA) is 121 Å². The van der Waals surface area contributed by atoms with Gasteiger partial charge >= 0.3 is 0 Å². The number of halogens is 2. The van der Waals surface area contributed by atoms with Gasteiger partial charge in [0.1, 0.15) is 23.3 Å². The van der Waals surface area contributed by atoms with Gasteiger partial charge in [0.05, 0.1) is 29.4 Å². The maximum Gasteiger partial charge on any atom is 0.263 e. The number of nitrogens with two attached hydrogens (primary N) is 1. The van der Waals surface area contributed by atoms with Crippen molar-refractivity contribution in [2.75, 3.05) is 55.9 Å². The van der Waals surface area contributed by atoms with Gasteiger partial charge in [0, 0.05) is 55.4 Å². The van der Waals surface area contributed by atoms with Crippen LogP contribution in [0.25, 0.3) is 0 Å². The molecule has 1 unspecified atom stereocenters. The third-order valence-corrected chi connectivity index (χ3v) is 7.62. The summed E-state index contributed by atoms with van der Waals surface area (Å²) in [6.07, 6.45) is -0.0844. The number of hydrogen-bond acceptors (Lipinski definition) is 7. The number of nitrogen functional groups attached to an aromatic ring is 1. The fourth-order valence-electron chi connectivity index (χ4n) is 4.38. The molecule has 0 spiro atoms. The van der Waals surface area contributed by atoms with E-state index in [4.69, 9.17) is 20.6 Å². The SMILES string of the molecule is CN(CC(=O)Nc1ccc2c(c1)OCCN2C1CCOCC1)S(=O)c1cc(C(F)F)cc(C=N)c1N. The molecule has 9 nitrogen and oxygen atoms in total. The first-order valence-corrected chi connectivity index (χ1v) is 12.6. The molecule has 2 aromatic rings. The molecule has 2 heterocycles. The third kappa shape index (κ3) is 5.66. The van der Waals surface area contributed by atoms with Crippen LogP contribution in [-0.2, 0) is 20.5 Å². The van der Waals surface area contributed by atoms with E-state index in [9.17, 15) is 17.8 Å². The van der Waals surface area contributed by atoms with Gasteiger partial charge in [-0.3, -0.25) is 4.79 Å². The summed E-state index contributed by atoms with van der Waals surface area (Å²) in [5, 5.41) is 10.2. The minimum Gasteiger partial charge on any atom is -0.489 e. The maximum absolute atomic E-state index is 13.3. The molecule has 194 valence electrons. The van der Waals surface area contributed by atoms with Crippen molar-refractivity contribution in [1.82, 2.24) is 4.31 Å². The van der Waals surface area contributed by atoms with Crippen LogP contribution in [0.4, 0.5) is 25.8 Å². The fourth-order valence-corrected chi connectivity index (χ4v) is 5.50. The smallest absolute Gasteiger partial charge is 0.263 e. The number of hydrogen-bond donors (Lipinski definition) is 3. The second-order valence-electron chi connectivity index (χ2n) is 8.62. The lowest BCUT2D eigenvalue weighted by atomic mass is 10.0. The molecule has 1 amide bonds. The number of nitrogens with zero attached hydrogens (tertiary/aromatic N) is 2. The Balaban J connectivity index is 1.43. The predicted octanol–water partition coefficient (Wildman–Crippen LogP) is 3.17. The van der Waals surface area contributed by atoms with E-state index < -0.39 is 28.9 Å². The largest absolute Gasteiger partial charge is 0.489 e. The van der Waals surface area contributed by atoms with Crippen LogP contribution in [0.5, 0.6) is 5.75 Å². The molecular weight excluding hydrogens is 492 g/mol. The molecular formula is C24H29F2N5O4S. The quantitative estimate of drug-likeness (QED) is 0.363. The number of anilines is 3. The van der Waals surface area contributed by atoms with Crippen LogP contribution in [0.1, 0.15) is 30.4 Å². The molecule has 0 aliphatic carbocycles. The molecule has 2 aliphatic heterocycles. The summed E-state index contributed by atoms with van der Waals surface area (Å²) in [7, 11) is -0.571. The zero-order valence-electron chi connectivity index (χ0n) is 19.8. The van der Waals surface area contributed by atoms with E-state index >= 15 is 0 Å². The van der Waals surface area contributed by atoms with E-state index in [-0.39, 0.29) is 22.7 Å². The number of amides is 1. The molecule has 36 heavy (non-hydrogen) atoms. The van der Waals surface area contributed by atoms with Crippen molar-refractivity contribution in [3.63, 3.8) is 0 Å². The lowest BCUT2D eigenvalue weighted by Gasteiger charge is -2.39. The summed E-state index contributed by atoms with van der Waals surface area (Å²) in [6.45, 7) is 2.52. The highest BCUT2D eigenvalue weighted by molar-refractivity contribution is 7.82. The summed E-state index contributed by atoms with van der Waals surface area (Å²) >= 11 is 0. The molecule has 2 aliphatic rings. The number of rotatable bonds is 8. The van der Waals surface area contributed by atoms with E-state index in [1.165, 1.54) is 11.4 Å². The number of fused-ring (bicyclic) bond motifs is 1. The summed E-state index contributed by atoms with van der Waals surface area (Å²) in [4.78, 5) is 14.9. The Morgan fingerprint density at radius 1 is 1.31 bits per heavy atom. The van der Waals surface area contributed by atoms with Crippen molar-refractivity contribution in [2.45, 2.75) is 30.2 Å². The summed E-state index contributed by atoms with van der Waals surface area (Å²) in [6, 6.07) is 7.97. The van der Waals surface area contributed by atoms with E-state index in [0.717, 1.165) is 56.6 Å². The Hall–Kier alpha value is -3.09. The standard InChI is InChI=1S/C24H29F2N5O4S/c1-30(36(33)21-11-15(24(25)26)10-16(13-27)23(21)28)14-22(32)29-17-2-3-19-20(12-17)35-9-6-31(19)18-4-7-34-8-5-18/h2-3,10-13,18,24,27H,4-9,14,28H2,1H3,(H,29,32). The molecule has 0 saturated carbocycles. The number of likely N-dealkylation sites (N-methyl/N-ethyl adjacent to an activating group) is 1. The fraction of sp³-hybridized carbons (Fsp3) is 0.417. The van der Waals surface area contributed by atoms with Crippen LogP contribution in [0.15, 0.2) is 35.2 Å². The first-order valence-electron chi connectivity index (χ1n) is 11.5. The number of carbonyl (C=O) groups excluding carboxylic acids is 1. The van der Waals surface area contributed by atoms with Gasteiger partial charge in [-0.25, -0.2) is 17.3 Å². The van der Waals surface area contributed by atoms with Crippen LogP contribution in [0.3, 0.4) is 0 Å². The Bertz CT molecular complexity index is 1160. The first-order chi connectivity index (χ1) is 17.3. The van der Waals surface area contributed by atoms with Crippen molar-refractivity contribution in [1.29, 1.82) is 5.41 Å². The minimum absolute atomic E-state index is 0.0397. The highest BCUT2D eigenvalue weighted by atomic mass is 32.2. The second kappa shape index (κ2) is 11.3. The average molecular weight is 522 g/mol. The number of alkyl halides is 2. The van der Waals surface area contributed by atoms with Gasteiger partial charge in [-0.05, 0) is 37.1 Å². The van der Waals surface area contributed by atoms with Crippen LogP contribution < -0.4 is 20.7 Å². The number of benzene rings is 2. The number of nitrogens with one attached hydrogen (secondary N) is 2. The molecule has 0 radical (unpaired) electrons. The Morgan fingerprint density at radius 2 is 2.06 bits per heavy atom. The monoisotopic (exact) mass is 521 g/mol. The summed E-state index contributed by atoms with van der Waals surface area (Å²) in [5.74, 6) is 0.233. The van der Waals surface area contributed by atoms with Crippen molar-refractivity contribution < 1.29 is 27.3 Å². The van der Waals surface area contributed by atoms with E-state index in [1.807, 2.05) is 6.07 Å². The molecule has 1 saturated heterocycles. The first kappa shape index (κ1) is 26.0. The molecule has 1 atom stereocenters. The lowest BCUT2D eigenvalue weighted by Crippen LogP contribution is -2.44. The van der Waals surface area contributed by atoms with Gasteiger partial charge in [0.25, 0.3) is 6.43 Å². The molecule has 4 rings (SSSR count). The van der Waals surface area contributed by atoms with E-state index in [0.29, 0.717) is 24.1 Å². The van der Waals surface area contributed by atoms with Gasteiger partial charge in [0.15, 0.2) is 0 Å². The molecule has 4 N–H and O–H groups in total. The van der Waals surface area contributed by atoms with Crippen LogP contribution in [0.2, 0.25) is 0 Å². The second-order valence-corrected chi connectivity index (χ2v) is 10.2. The zero-order valence-corrected chi connectivity index (χ0v) is 20.7. The van der Waals surface area contributed by atoms with Crippen molar-refractivity contribution >= 4 is 40.2 Å². The molecule has 1 fully saturated rings. The van der Waals surface area contributed by atoms with Crippen LogP contribution >= 0.6 is 0 Å². The van der Waals surface area contributed by atoms with Gasteiger partial charge in [-0.2, -0.15) is 0 Å². The summed E-state index contributed by atoms with van der Waals surface area (Å²) in [5.41, 5.74) is 7.05. The third-order valence-electron chi connectivity index (χ3n) is 6.22. The maximum atomic E-state index is 13.3. The van der Waals surface area contributed by atoms with Crippen LogP contribution in [-0.4, -0.2) is 66.6 Å². The average Bonchev–Trinajstić information content (AvgIpc) is 2.88. The molecule has 0 aromatic heterocycles. The summed E-state index contributed by atoms with van der Waals surface area (Å²) < 4.78 is 52.0. The van der Waals surface area contributed by atoms with Crippen molar-refractivity contribution in [2.24, 2.45) is 0 Å². The normalized spacial score (nSPS) is 17.0. The van der Waals surface area contributed by atoms with Crippen LogP contribution in [0, 0.1) is 5.41 Å². The van der Waals surface area contributed by atoms with Gasteiger partial charge in [-0.15, -0.1) is 0 Å². The Kier molecular flexibility index (Phi) is 8.17. The minimum atomic E-state index is -2.82. The zero-order chi connectivity index (χ0) is 25.8. The molecule has 2 aromatic carbocycles. The lowest BCUT2D eigenvalue weighted by molar-refractivity contribution is -0.116. The van der Waals surface area contributed by atoms with Gasteiger partial charge < -0.3 is 30.8 Å².